The van der Waals surface area contributed by atoms with Crippen LogP contribution in [0.25, 0.3) is 0 Å². The molecule has 0 amide bonds. The van der Waals surface area contributed by atoms with Crippen molar-refractivity contribution in [3.63, 3.8) is 0 Å². The number of aromatic nitrogens is 3. The van der Waals surface area contributed by atoms with E-state index in [1.807, 2.05) is 30.3 Å². The lowest BCUT2D eigenvalue weighted by molar-refractivity contribution is 0.0891. The van der Waals surface area contributed by atoms with E-state index in [0.717, 1.165) is 29.9 Å². The number of hydrogen-bond acceptors (Lipinski definition) is 8. The normalized spacial score (nSPS) is 16.5. The molecule has 8 nitrogen and oxygen atoms in total. The lowest BCUT2D eigenvalue weighted by atomic mass is 9.63. The molecule has 1 aliphatic heterocycles. The fourth-order valence-electron chi connectivity index (χ4n) is 4.68. The average molecular weight is 499 g/mol. The highest BCUT2D eigenvalue weighted by molar-refractivity contribution is 7.70. The zero-order chi connectivity index (χ0) is 23.9. The second-order valence-electron chi connectivity index (χ2n) is 9.43. The number of rotatable bonds is 7. The summed E-state index contributed by atoms with van der Waals surface area (Å²) in [5.74, 6) is 2.26. The Balaban J connectivity index is 1.40. The Morgan fingerprint density at radius 2 is 1.85 bits per heavy atom. The minimum absolute atomic E-state index is 0.357. The van der Waals surface area contributed by atoms with E-state index in [1.165, 1.54) is 25.5 Å². The van der Waals surface area contributed by atoms with Gasteiger partial charge in [-0.25, -0.2) is 9.97 Å². The van der Waals surface area contributed by atoms with Crippen LogP contribution >= 0.6 is 18.7 Å². The number of methoxy groups -OCH3 is 1. The van der Waals surface area contributed by atoms with E-state index in [0.29, 0.717) is 33.6 Å². The van der Waals surface area contributed by atoms with Crippen molar-refractivity contribution in [3.05, 3.63) is 47.7 Å². The first-order chi connectivity index (χ1) is 16.3. The number of anilines is 5. The van der Waals surface area contributed by atoms with E-state index in [4.69, 9.17) is 16.3 Å². The summed E-state index contributed by atoms with van der Waals surface area (Å²) in [6.07, 6.45) is 7.21. The van der Waals surface area contributed by atoms with Gasteiger partial charge < -0.3 is 24.8 Å². The van der Waals surface area contributed by atoms with Gasteiger partial charge in [0, 0.05) is 30.0 Å². The molecular weight excluding hydrogens is 471 g/mol. The topological polar surface area (TPSA) is 92.3 Å². The molecule has 2 fully saturated rings. The van der Waals surface area contributed by atoms with Gasteiger partial charge in [-0.1, -0.05) is 30.2 Å². The van der Waals surface area contributed by atoms with Gasteiger partial charge in [-0.15, -0.1) is 0 Å². The molecule has 0 unspecified atom stereocenters. The van der Waals surface area contributed by atoms with Crippen molar-refractivity contribution in [2.24, 2.45) is 5.41 Å². The van der Waals surface area contributed by atoms with Crippen LogP contribution < -0.4 is 25.6 Å². The third-order valence-electron chi connectivity index (χ3n) is 6.58. The number of pyridine rings is 1. The van der Waals surface area contributed by atoms with E-state index in [-0.39, 0.29) is 0 Å². The molecule has 10 heteroatoms. The number of benzene rings is 1. The number of hydrogen-bond donors (Lipinski definition) is 2. The molecule has 1 spiro atoms. The lowest BCUT2D eigenvalue weighted by Crippen LogP contribution is -2.60. The molecule has 34 heavy (non-hydrogen) atoms. The zero-order valence-electron chi connectivity index (χ0n) is 19.5. The standard InChI is InChI=1S/C24H28ClN6O2P/c1-33-20-18(9-12-26-22(20)31-14-24(15-31)10-6-11-24)29-23-27-13-16(25)21(30-23)28-17-7-4-5-8-19(17)34(2,3)32/h4-5,7-9,12-13H,6,10-11,14-15H2,1-3H3,(H2,26,27,28,29,30). The first-order valence-electron chi connectivity index (χ1n) is 11.3. The van der Waals surface area contributed by atoms with E-state index in [2.05, 4.69) is 30.5 Å². The van der Waals surface area contributed by atoms with Crippen molar-refractivity contribution in [1.29, 1.82) is 0 Å². The molecule has 0 radical (unpaired) electrons. The Bertz CT molecular complexity index is 1270. The van der Waals surface area contributed by atoms with Crippen molar-refractivity contribution < 1.29 is 9.30 Å². The van der Waals surface area contributed by atoms with Crippen molar-refractivity contribution in [3.8, 4) is 5.75 Å². The quantitative estimate of drug-likeness (QED) is 0.426. The molecule has 2 aromatic heterocycles. The summed E-state index contributed by atoms with van der Waals surface area (Å²) in [7, 11) is -0.854. The highest BCUT2D eigenvalue weighted by atomic mass is 35.5. The maximum Gasteiger partial charge on any atom is 0.229 e. The first kappa shape index (κ1) is 22.9. The molecule has 1 saturated heterocycles. The highest BCUT2D eigenvalue weighted by Crippen LogP contribution is 2.51. The third kappa shape index (κ3) is 4.32. The lowest BCUT2D eigenvalue weighted by Gasteiger charge is -2.56. The largest absolute Gasteiger partial charge is 0.491 e. The van der Waals surface area contributed by atoms with Crippen LogP contribution in [0.5, 0.6) is 5.75 Å². The molecular formula is C24H28ClN6O2P. The van der Waals surface area contributed by atoms with E-state index in [1.54, 1.807) is 26.6 Å². The van der Waals surface area contributed by atoms with Crippen LogP contribution in [0.15, 0.2) is 42.7 Å². The second kappa shape index (κ2) is 8.75. The molecule has 178 valence electrons. The van der Waals surface area contributed by atoms with Crippen molar-refractivity contribution in [2.45, 2.75) is 19.3 Å². The van der Waals surface area contributed by atoms with Gasteiger partial charge >= 0.3 is 0 Å². The number of ether oxygens (including phenoxy) is 1. The fraction of sp³-hybridized carbons (Fsp3) is 0.375. The van der Waals surface area contributed by atoms with Crippen molar-refractivity contribution in [2.75, 3.05) is 49.1 Å². The molecule has 1 aliphatic carbocycles. The smallest absolute Gasteiger partial charge is 0.229 e. The van der Waals surface area contributed by atoms with Gasteiger partial charge in [-0.2, -0.15) is 4.98 Å². The first-order valence-corrected chi connectivity index (χ1v) is 14.3. The van der Waals surface area contributed by atoms with Crippen LogP contribution in [0.4, 0.5) is 29.0 Å². The number of halogens is 1. The van der Waals surface area contributed by atoms with E-state index < -0.39 is 7.14 Å². The third-order valence-corrected chi connectivity index (χ3v) is 8.41. The minimum atomic E-state index is -2.50. The molecule has 2 aliphatic rings. The molecule has 5 rings (SSSR count). The van der Waals surface area contributed by atoms with Gasteiger partial charge in [0.15, 0.2) is 17.4 Å². The second-order valence-corrected chi connectivity index (χ2v) is 13.0. The Kier molecular flexibility index (Phi) is 5.90. The maximum atomic E-state index is 12.7. The maximum absolute atomic E-state index is 12.7. The Labute approximate surface area is 204 Å². The monoisotopic (exact) mass is 498 g/mol. The summed E-state index contributed by atoms with van der Waals surface area (Å²) in [5, 5.41) is 7.56. The van der Waals surface area contributed by atoms with Gasteiger partial charge in [0.25, 0.3) is 0 Å². The van der Waals surface area contributed by atoms with E-state index >= 15 is 0 Å². The SMILES string of the molecule is COc1c(Nc2ncc(Cl)c(Nc3ccccc3P(C)(C)=O)n2)ccnc1N1CC2(CCC2)C1. The number of nitrogens with one attached hydrogen (secondary N) is 2. The van der Waals surface area contributed by atoms with Crippen LogP contribution in [0.3, 0.4) is 0 Å². The van der Waals surface area contributed by atoms with Gasteiger partial charge in [-0.05, 0) is 44.4 Å². The average Bonchev–Trinajstić information content (AvgIpc) is 2.74. The van der Waals surface area contributed by atoms with Crippen LogP contribution in [0.1, 0.15) is 19.3 Å². The van der Waals surface area contributed by atoms with Crippen molar-refractivity contribution in [1.82, 2.24) is 15.0 Å². The number of para-hydroxylation sites is 1. The molecule has 0 bridgehead atoms. The van der Waals surface area contributed by atoms with Crippen LogP contribution in [-0.2, 0) is 4.57 Å². The van der Waals surface area contributed by atoms with Gasteiger partial charge in [0.05, 0.1) is 24.7 Å². The minimum Gasteiger partial charge on any atom is -0.491 e. The van der Waals surface area contributed by atoms with E-state index in [9.17, 15) is 4.57 Å². The van der Waals surface area contributed by atoms with Gasteiger partial charge in [0.1, 0.15) is 12.2 Å². The summed E-state index contributed by atoms with van der Waals surface area (Å²) in [5.41, 5.74) is 1.91. The summed E-state index contributed by atoms with van der Waals surface area (Å²) in [6.45, 7) is 5.51. The van der Waals surface area contributed by atoms with Crippen LogP contribution in [0, 0.1) is 5.41 Å². The molecule has 3 aromatic rings. The molecule has 0 atom stereocenters. The fourth-order valence-corrected chi connectivity index (χ4v) is 5.97. The summed E-state index contributed by atoms with van der Waals surface area (Å²) in [4.78, 5) is 15.8. The predicted octanol–water partition coefficient (Wildman–Crippen LogP) is 5.26. The Morgan fingerprint density at radius 1 is 1.09 bits per heavy atom. The Hall–Kier alpha value is -2.83. The highest BCUT2D eigenvalue weighted by Gasteiger charge is 2.48. The molecule has 1 aromatic carbocycles. The molecule has 3 heterocycles. The van der Waals surface area contributed by atoms with Gasteiger partial charge in [-0.3, -0.25) is 0 Å². The zero-order valence-corrected chi connectivity index (χ0v) is 21.2. The predicted molar refractivity (Wildman–Crippen MR) is 138 cm³/mol. The van der Waals surface area contributed by atoms with Crippen LogP contribution in [0.2, 0.25) is 5.02 Å². The molecule has 2 N–H and O–H groups in total. The Morgan fingerprint density at radius 3 is 2.53 bits per heavy atom. The van der Waals surface area contributed by atoms with Crippen LogP contribution in [-0.4, -0.2) is 48.5 Å². The number of nitrogens with zero attached hydrogens (tertiary/aromatic N) is 4. The summed E-state index contributed by atoms with van der Waals surface area (Å²) < 4.78 is 18.5. The summed E-state index contributed by atoms with van der Waals surface area (Å²) in [6, 6.07) is 9.30. The summed E-state index contributed by atoms with van der Waals surface area (Å²) >= 11 is 6.39. The van der Waals surface area contributed by atoms with Crippen molar-refractivity contribution >= 4 is 53.0 Å². The molecule has 1 saturated carbocycles. The van der Waals surface area contributed by atoms with Gasteiger partial charge in [0.2, 0.25) is 5.95 Å².